The molecule has 0 aliphatic rings. The van der Waals surface area contributed by atoms with Gasteiger partial charge >= 0.3 is 0 Å². The van der Waals surface area contributed by atoms with Crippen molar-refractivity contribution in [2.45, 2.75) is 26.7 Å². The largest absolute Gasteiger partial charge is 0.339 e. The molecule has 0 fully saturated rings. The van der Waals surface area contributed by atoms with Gasteiger partial charge in [-0.15, -0.1) is 0 Å². The Morgan fingerprint density at radius 3 is 2.62 bits per heavy atom. The first-order valence-electron chi connectivity index (χ1n) is 7.79. The van der Waals surface area contributed by atoms with Crippen LogP contribution in [0.3, 0.4) is 0 Å². The Hall–Kier alpha value is -2.58. The zero-order valence-electron chi connectivity index (χ0n) is 14.1. The normalized spacial score (nSPS) is 10.7. The van der Waals surface area contributed by atoms with E-state index in [4.69, 9.17) is 16.1 Å². The van der Waals surface area contributed by atoms with E-state index < -0.39 is 0 Å². The highest BCUT2D eigenvalue weighted by molar-refractivity contribution is 7.17. The van der Waals surface area contributed by atoms with Crippen molar-refractivity contribution in [1.29, 1.82) is 0 Å². The zero-order valence-corrected chi connectivity index (χ0v) is 15.6. The van der Waals surface area contributed by atoms with E-state index in [1.165, 1.54) is 18.3 Å². The third-order valence-electron chi connectivity index (χ3n) is 3.50. The second-order valence-corrected chi connectivity index (χ2v) is 6.99. The van der Waals surface area contributed by atoms with Crippen molar-refractivity contribution >= 4 is 39.8 Å². The summed E-state index contributed by atoms with van der Waals surface area (Å²) in [6.07, 6.45) is 0.465. The van der Waals surface area contributed by atoms with Crippen molar-refractivity contribution < 1.29 is 14.1 Å². The molecular formula is C17H15ClN4O3S. The van der Waals surface area contributed by atoms with Crippen LogP contribution in [0.5, 0.6) is 0 Å². The Morgan fingerprint density at radius 2 is 1.96 bits per heavy atom. The molecule has 0 spiro atoms. The number of anilines is 1. The van der Waals surface area contributed by atoms with Crippen LogP contribution in [0.15, 0.2) is 28.8 Å². The molecule has 1 aromatic carbocycles. The highest BCUT2D eigenvalue weighted by Crippen LogP contribution is 2.23. The van der Waals surface area contributed by atoms with Gasteiger partial charge in [0.05, 0.1) is 10.6 Å². The minimum absolute atomic E-state index is 0.0684. The van der Waals surface area contributed by atoms with Crippen molar-refractivity contribution in [3.05, 3.63) is 45.7 Å². The number of nitrogens with one attached hydrogen (secondary N) is 1. The molecule has 0 saturated heterocycles. The summed E-state index contributed by atoms with van der Waals surface area (Å²) in [6, 6.07) is 7.07. The van der Waals surface area contributed by atoms with Crippen molar-refractivity contribution in [2.75, 3.05) is 5.32 Å². The van der Waals surface area contributed by atoms with Gasteiger partial charge in [-0.25, -0.2) is 4.98 Å². The van der Waals surface area contributed by atoms with Crippen LogP contribution in [-0.4, -0.2) is 26.8 Å². The number of hydrogen-bond donors (Lipinski definition) is 1. The fraction of sp³-hybridized carbons (Fsp3) is 0.235. The van der Waals surface area contributed by atoms with Crippen LogP contribution < -0.4 is 5.32 Å². The minimum atomic E-state index is -0.236. The molecule has 0 unspecified atom stereocenters. The smallest absolute Gasteiger partial charge is 0.227 e. The molecule has 2 aromatic heterocycles. The number of carbonyl (C=O) groups excluding carboxylic acids is 2. The highest BCUT2D eigenvalue weighted by atomic mass is 35.5. The maximum Gasteiger partial charge on any atom is 0.227 e. The Labute approximate surface area is 158 Å². The van der Waals surface area contributed by atoms with E-state index in [1.54, 1.807) is 31.2 Å². The number of benzene rings is 1. The maximum absolute atomic E-state index is 12.1. The molecule has 26 heavy (non-hydrogen) atoms. The molecule has 1 amide bonds. The molecule has 3 aromatic rings. The summed E-state index contributed by atoms with van der Waals surface area (Å²) >= 11 is 7.02. The highest BCUT2D eigenvalue weighted by Gasteiger charge is 2.15. The summed E-state index contributed by atoms with van der Waals surface area (Å²) in [5.41, 5.74) is 1.39. The SMILES string of the molecule is CC(=O)c1sc(NC(=O)CCc2nc(-c3ccc(Cl)cc3)no2)nc1C. The van der Waals surface area contributed by atoms with Crippen LogP contribution >= 0.6 is 22.9 Å². The van der Waals surface area contributed by atoms with E-state index in [0.29, 0.717) is 38.9 Å². The summed E-state index contributed by atoms with van der Waals surface area (Å²) < 4.78 is 5.17. The van der Waals surface area contributed by atoms with Crippen molar-refractivity contribution in [2.24, 2.45) is 0 Å². The topological polar surface area (TPSA) is 98.0 Å². The van der Waals surface area contributed by atoms with E-state index >= 15 is 0 Å². The first-order valence-corrected chi connectivity index (χ1v) is 8.98. The summed E-state index contributed by atoms with van der Waals surface area (Å²) in [7, 11) is 0. The number of thiazole rings is 1. The van der Waals surface area contributed by atoms with E-state index in [-0.39, 0.29) is 18.1 Å². The summed E-state index contributed by atoms with van der Waals surface area (Å²) in [4.78, 5) is 32.5. The molecule has 0 aliphatic heterocycles. The summed E-state index contributed by atoms with van der Waals surface area (Å²) in [6.45, 7) is 3.21. The van der Waals surface area contributed by atoms with Crippen LogP contribution in [0, 0.1) is 6.92 Å². The third-order valence-corrected chi connectivity index (χ3v) is 4.92. The van der Waals surface area contributed by atoms with Gasteiger partial charge in [-0.2, -0.15) is 4.98 Å². The molecule has 0 aliphatic carbocycles. The second kappa shape index (κ2) is 7.76. The quantitative estimate of drug-likeness (QED) is 0.640. The number of hydrogen-bond acceptors (Lipinski definition) is 7. The van der Waals surface area contributed by atoms with Gasteiger partial charge in [0.2, 0.25) is 17.6 Å². The lowest BCUT2D eigenvalue weighted by Crippen LogP contribution is -2.12. The molecule has 7 nitrogen and oxygen atoms in total. The Kier molecular flexibility index (Phi) is 5.43. The Morgan fingerprint density at radius 1 is 1.23 bits per heavy atom. The van der Waals surface area contributed by atoms with Gasteiger partial charge in [-0.1, -0.05) is 28.1 Å². The average molecular weight is 391 g/mol. The van der Waals surface area contributed by atoms with E-state index in [1.807, 2.05) is 0 Å². The van der Waals surface area contributed by atoms with Crippen molar-refractivity contribution in [1.82, 2.24) is 15.1 Å². The van der Waals surface area contributed by atoms with Crippen LogP contribution in [0.1, 0.15) is 34.6 Å². The predicted molar refractivity (Wildman–Crippen MR) is 98.6 cm³/mol. The van der Waals surface area contributed by atoms with Gasteiger partial charge in [0.1, 0.15) is 0 Å². The number of rotatable bonds is 6. The number of aryl methyl sites for hydroxylation is 2. The van der Waals surface area contributed by atoms with Crippen LogP contribution in [0.2, 0.25) is 5.02 Å². The average Bonchev–Trinajstić information content (AvgIpc) is 3.20. The third kappa shape index (κ3) is 4.33. The molecule has 0 atom stereocenters. The molecular weight excluding hydrogens is 376 g/mol. The first kappa shape index (κ1) is 18.2. The van der Waals surface area contributed by atoms with Gasteiger partial charge < -0.3 is 9.84 Å². The zero-order chi connectivity index (χ0) is 18.7. The molecule has 0 radical (unpaired) electrons. The molecule has 0 saturated carbocycles. The van der Waals surface area contributed by atoms with Gasteiger partial charge in [0.15, 0.2) is 10.9 Å². The van der Waals surface area contributed by atoms with E-state index in [0.717, 1.165) is 5.56 Å². The fourth-order valence-corrected chi connectivity index (χ4v) is 3.26. The molecule has 9 heteroatoms. The lowest BCUT2D eigenvalue weighted by atomic mass is 10.2. The molecule has 0 bridgehead atoms. The van der Waals surface area contributed by atoms with Crippen LogP contribution in [0.4, 0.5) is 5.13 Å². The molecule has 2 heterocycles. The van der Waals surface area contributed by atoms with Gasteiger partial charge in [-0.05, 0) is 31.2 Å². The van der Waals surface area contributed by atoms with Crippen molar-refractivity contribution in [3.8, 4) is 11.4 Å². The van der Waals surface area contributed by atoms with Gasteiger partial charge in [-0.3, -0.25) is 9.59 Å². The number of nitrogens with zero attached hydrogens (tertiary/aromatic N) is 3. The molecule has 134 valence electrons. The first-order chi connectivity index (χ1) is 12.4. The minimum Gasteiger partial charge on any atom is -0.339 e. The molecule has 3 rings (SSSR count). The number of amides is 1. The van der Waals surface area contributed by atoms with E-state index in [2.05, 4.69) is 20.4 Å². The lowest BCUT2D eigenvalue weighted by molar-refractivity contribution is -0.116. The van der Waals surface area contributed by atoms with Crippen LogP contribution in [0.25, 0.3) is 11.4 Å². The number of halogens is 1. The van der Waals surface area contributed by atoms with Crippen LogP contribution in [-0.2, 0) is 11.2 Å². The van der Waals surface area contributed by atoms with Gasteiger partial charge in [0.25, 0.3) is 0 Å². The number of Topliss-reactive ketones (excluding diaryl/α,β-unsaturated/α-hetero) is 1. The summed E-state index contributed by atoms with van der Waals surface area (Å²) in [5.74, 6) is 0.504. The number of carbonyl (C=O) groups is 2. The van der Waals surface area contributed by atoms with Crippen molar-refractivity contribution in [3.63, 3.8) is 0 Å². The Bertz CT molecular complexity index is 949. The summed E-state index contributed by atoms with van der Waals surface area (Å²) in [5, 5.41) is 7.62. The Balaban J connectivity index is 1.57. The number of aromatic nitrogens is 3. The predicted octanol–water partition coefficient (Wildman–Crippen LogP) is 3.93. The van der Waals surface area contributed by atoms with E-state index in [9.17, 15) is 9.59 Å². The van der Waals surface area contributed by atoms with Gasteiger partial charge in [0, 0.05) is 30.4 Å². The standard InChI is InChI=1S/C17H15ClN4O3S/c1-9-15(10(2)23)26-17(19-9)20-13(24)7-8-14-21-16(22-25-14)11-3-5-12(18)6-4-11/h3-6H,7-8H2,1-2H3,(H,19,20,24). The second-order valence-electron chi connectivity index (χ2n) is 5.56. The fourth-order valence-electron chi connectivity index (χ4n) is 2.25. The maximum atomic E-state index is 12.1. The monoisotopic (exact) mass is 390 g/mol. The lowest BCUT2D eigenvalue weighted by Gasteiger charge is -1.98. The number of ketones is 1. The molecule has 1 N–H and O–H groups in total.